The van der Waals surface area contributed by atoms with Gasteiger partial charge in [-0.2, -0.15) is 0 Å². The molecule has 18 heavy (non-hydrogen) atoms. The first-order chi connectivity index (χ1) is 8.49. The Kier molecular flexibility index (Phi) is 5.65. The number of hydrogen-bond donors (Lipinski definition) is 2. The second-order valence-corrected chi connectivity index (χ2v) is 4.84. The fraction of sp³-hybridized carbons (Fsp3) is 0.385. The van der Waals surface area contributed by atoms with Crippen molar-refractivity contribution < 1.29 is 9.59 Å². The molecule has 0 aliphatic carbocycles. The smallest absolute Gasteiger partial charge is 0.313 e. The molecule has 98 valence electrons. The molecule has 0 saturated heterocycles. The predicted molar refractivity (Wildman–Crippen MR) is 72.5 cm³/mol. The molecule has 2 amide bonds. The second-order valence-electron chi connectivity index (χ2n) is 4.40. The lowest BCUT2D eigenvalue weighted by atomic mass is 10.1. The van der Waals surface area contributed by atoms with Crippen molar-refractivity contribution in [2.24, 2.45) is 5.92 Å². The van der Waals surface area contributed by atoms with E-state index in [2.05, 4.69) is 24.5 Å². The Labute approximate surface area is 112 Å². The van der Waals surface area contributed by atoms with Gasteiger partial charge >= 0.3 is 11.8 Å². The normalized spacial score (nSPS) is 10.2. The number of anilines is 1. The summed E-state index contributed by atoms with van der Waals surface area (Å²) < 4.78 is 0. The van der Waals surface area contributed by atoms with Crippen LogP contribution in [0.5, 0.6) is 0 Å². The maximum absolute atomic E-state index is 11.5. The minimum Gasteiger partial charge on any atom is -0.348 e. The van der Waals surface area contributed by atoms with E-state index in [1.165, 1.54) is 0 Å². The average molecular weight is 269 g/mol. The highest BCUT2D eigenvalue weighted by Gasteiger charge is 2.13. The first-order valence-electron chi connectivity index (χ1n) is 5.84. The molecule has 0 unspecified atom stereocenters. The molecule has 1 rings (SSSR count). The van der Waals surface area contributed by atoms with Crippen LogP contribution < -0.4 is 10.6 Å². The van der Waals surface area contributed by atoms with Crippen LogP contribution in [0.15, 0.2) is 24.3 Å². The van der Waals surface area contributed by atoms with Crippen LogP contribution >= 0.6 is 11.6 Å². The Morgan fingerprint density at radius 1 is 1.28 bits per heavy atom. The predicted octanol–water partition coefficient (Wildman–Crippen LogP) is 2.44. The summed E-state index contributed by atoms with van der Waals surface area (Å²) in [6.07, 6.45) is 0.843. The summed E-state index contributed by atoms with van der Waals surface area (Å²) in [6, 6.07) is 6.65. The lowest BCUT2D eigenvalue weighted by Crippen LogP contribution is -2.36. The number of carbonyl (C=O) groups is 2. The minimum atomic E-state index is -0.680. The van der Waals surface area contributed by atoms with E-state index >= 15 is 0 Å². The van der Waals surface area contributed by atoms with Crippen molar-refractivity contribution in [1.29, 1.82) is 0 Å². The Bertz CT molecular complexity index is 433. The van der Waals surface area contributed by atoms with Crippen LogP contribution in [0.3, 0.4) is 0 Å². The summed E-state index contributed by atoms with van der Waals surface area (Å²) in [4.78, 5) is 23.0. The second kappa shape index (κ2) is 7.01. The number of amides is 2. The van der Waals surface area contributed by atoms with Crippen molar-refractivity contribution in [2.45, 2.75) is 20.3 Å². The first kappa shape index (κ1) is 14.5. The van der Waals surface area contributed by atoms with Crippen molar-refractivity contribution in [1.82, 2.24) is 5.32 Å². The molecule has 0 aromatic heterocycles. The molecule has 5 heteroatoms. The summed E-state index contributed by atoms with van der Waals surface area (Å²) in [5.74, 6) is -0.821. The van der Waals surface area contributed by atoms with E-state index in [9.17, 15) is 9.59 Å². The van der Waals surface area contributed by atoms with Gasteiger partial charge in [-0.25, -0.2) is 0 Å². The van der Waals surface area contributed by atoms with Crippen LogP contribution in [-0.4, -0.2) is 18.4 Å². The van der Waals surface area contributed by atoms with Gasteiger partial charge in [-0.15, -0.1) is 0 Å². The standard InChI is InChI=1S/C13H17ClN2O2/c1-9(2)6-7-15-12(17)13(18)16-11-5-3-4-10(14)8-11/h3-5,8-9H,6-7H2,1-2H3,(H,15,17)(H,16,18). The maximum atomic E-state index is 11.5. The van der Waals surface area contributed by atoms with Gasteiger partial charge in [0.1, 0.15) is 0 Å². The largest absolute Gasteiger partial charge is 0.348 e. The number of rotatable bonds is 4. The Balaban J connectivity index is 2.43. The van der Waals surface area contributed by atoms with Crippen molar-refractivity contribution in [3.8, 4) is 0 Å². The molecular formula is C13H17ClN2O2. The maximum Gasteiger partial charge on any atom is 0.313 e. The van der Waals surface area contributed by atoms with Gasteiger partial charge in [-0.1, -0.05) is 31.5 Å². The summed E-state index contributed by atoms with van der Waals surface area (Å²) in [5, 5.41) is 5.56. The fourth-order valence-electron chi connectivity index (χ4n) is 1.31. The Morgan fingerprint density at radius 3 is 2.61 bits per heavy atom. The van der Waals surface area contributed by atoms with Gasteiger partial charge in [0.25, 0.3) is 0 Å². The van der Waals surface area contributed by atoms with Gasteiger partial charge in [0.15, 0.2) is 0 Å². The van der Waals surface area contributed by atoms with Crippen molar-refractivity contribution >= 4 is 29.1 Å². The molecule has 4 nitrogen and oxygen atoms in total. The molecule has 0 spiro atoms. The van der Waals surface area contributed by atoms with Gasteiger partial charge < -0.3 is 10.6 Å². The van der Waals surface area contributed by atoms with Gasteiger partial charge in [0, 0.05) is 17.3 Å². The third kappa shape index (κ3) is 5.19. The van der Waals surface area contributed by atoms with Crippen LogP contribution in [0, 0.1) is 5.92 Å². The molecule has 0 radical (unpaired) electrons. The van der Waals surface area contributed by atoms with Gasteiger partial charge in [0.05, 0.1) is 0 Å². The van der Waals surface area contributed by atoms with Crippen molar-refractivity contribution in [3.05, 3.63) is 29.3 Å². The highest BCUT2D eigenvalue weighted by atomic mass is 35.5. The molecule has 1 aromatic carbocycles. The van der Waals surface area contributed by atoms with Crippen LogP contribution in [-0.2, 0) is 9.59 Å². The Hall–Kier alpha value is -1.55. The molecule has 0 aliphatic heterocycles. The van der Waals surface area contributed by atoms with E-state index in [0.717, 1.165) is 6.42 Å². The summed E-state index contributed by atoms with van der Waals surface area (Å²) in [6.45, 7) is 4.61. The third-order valence-electron chi connectivity index (χ3n) is 2.30. The lowest BCUT2D eigenvalue weighted by molar-refractivity contribution is -0.136. The number of hydrogen-bond acceptors (Lipinski definition) is 2. The van der Waals surface area contributed by atoms with Crippen LogP contribution in [0.2, 0.25) is 5.02 Å². The molecule has 0 aliphatic rings. The van der Waals surface area contributed by atoms with E-state index in [-0.39, 0.29) is 0 Å². The van der Waals surface area contributed by atoms with Crippen LogP contribution in [0.1, 0.15) is 20.3 Å². The molecule has 0 atom stereocenters. The molecular weight excluding hydrogens is 252 g/mol. The zero-order valence-electron chi connectivity index (χ0n) is 10.5. The molecule has 1 aromatic rings. The molecule has 0 heterocycles. The van der Waals surface area contributed by atoms with Crippen molar-refractivity contribution in [2.75, 3.05) is 11.9 Å². The van der Waals surface area contributed by atoms with Crippen LogP contribution in [0.25, 0.3) is 0 Å². The van der Waals surface area contributed by atoms with E-state index in [0.29, 0.717) is 23.2 Å². The quantitative estimate of drug-likeness (QED) is 0.824. The fourth-order valence-corrected chi connectivity index (χ4v) is 1.50. The van der Waals surface area contributed by atoms with Gasteiger partial charge in [0.2, 0.25) is 0 Å². The van der Waals surface area contributed by atoms with Gasteiger partial charge in [-0.05, 0) is 30.5 Å². The monoisotopic (exact) mass is 268 g/mol. The number of carbonyl (C=O) groups excluding carboxylic acids is 2. The average Bonchev–Trinajstić information content (AvgIpc) is 2.28. The summed E-state index contributed by atoms with van der Waals surface area (Å²) in [7, 11) is 0. The minimum absolute atomic E-state index is 0.487. The summed E-state index contributed by atoms with van der Waals surface area (Å²) >= 11 is 5.77. The lowest BCUT2D eigenvalue weighted by Gasteiger charge is -2.08. The first-order valence-corrected chi connectivity index (χ1v) is 6.21. The zero-order valence-corrected chi connectivity index (χ0v) is 11.3. The molecule has 0 fully saturated rings. The zero-order chi connectivity index (χ0) is 13.5. The van der Waals surface area contributed by atoms with E-state index in [4.69, 9.17) is 11.6 Å². The molecule has 0 saturated carbocycles. The SMILES string of the molecule is CC(C)CCNC(=O)C(=O)Nc1cccc(Cl)c1. The third-order valence-corrected chi connectivity index (χ3v) is 2.53. The van der Waals surface area contributed by atoms with Crippen molar-refractivity contribution in [3.63, 3.8) is 0 Å². The number of benzene rings is 1. The van der Waals surface area contributed by atoms with E-state index < -0.39 is 11.8 Å². The van der Waals surface area contributed by atoms with E-state index in [1.54, 1.807) is 24.3 Å². The molecule has 0 bridgehead atoms. The summed E-state index contributed by atoms with van der Waals surface area (Å²) in [5.41, 5.74) is 0.506. The van der Waals surface area contributed by atoms with Gasteiger partial charge in [-0.3, -0.25) is 9.59 Å². The highest BCUT2D eigenvalue weighted by Crippen LogP contribution is 2.14. The molecule has 2 N–H and O–H groups in total. The highest BCUT2D eigenvalue weighted by molar-refractivity contribution is 6.39. The van der Waals surface area contributed by atoms with E-state index in [1.807, 2.05) is 0 Å². The van der Waals surface area contributed by atoms with Crippen LogP contribution in [0.4, 0.5) is 5.69 Å². The number of nitrogens with one attached hydrogen (secondary N) is 2. The topological polar surface area (TPSA) is 58.2 Å². The number of halogens is 1. The Morgan fingerprint density at radius 2 is 2.00 bits per heavy atom.